The summed E-state index contributed by atoms with van der Waals surface area (Å²) in [7, 11) is 0. The van der Waals surface area contributed by atoms with Crippen molar-refractivity contribution in [3.8, 4) is 11.3 Å². The van der Waals surface area contributed by atoms with Crippen molar-refractivity contribution in [1.82, 2.24) is 9.97 Å². The Hall–Kier alpha value is -3.49. The van der Waals surface area contributed by atoms with Crippen LogP contribution < -0.4 is 0 Å². The van der Waals surface area contributed by atoms with Crippen molar-refractivity contribution in [3.05, 3.63) is 59.3 Å². The van der Waals surface area contributed by atoms with Gasteiger partial charge in [-0.15, -0.1) is 0 Å². The maximum absolute atomic E-state index is 13.0. The summed E-state index contributed by atoms with van der Waals surface area (Å²) in [6.45, 7) is 7.16. The molecule has 0 fully saturated rings. The molecule has 0 bridgehead atoms. The number of fused-ring (bicyclic) bond motifs is 1. The molecule has 186 valence electrons. The van der Waals surface area contributed by atoms with Crippen LogP contribution in [0.2, 0.25) is 0 Å². The van der Waals surface area contributed by atoms with Crippen LogP contribution in [0.15, 0.2) is 42.5 Å². The summed E-state index contributed by atoms with van der Waals surface area (Å²) in [5.41, 5.74) is 0.881. The van der Waals surface area contributed by atoms with Crippen molar-refractivity contribution in [2.24, 2.45) is 5.92 Å². The maximum Gasteiger partial charge on any atom is 0.416 e. The quantitative estimate of drug-likeness (QED) is 0.392. The second-order valence-electron chi connectivity index (χ2n) is 9.43. The Kier molecular flexibility index (Phi) is 7.47. The number of nitrogens with zero attached hydrogens (tertiary/aromatic N) is 2. The first-order valence-corrected chi connectivity index (χ1v) is 11.2. The number of carbonyl (C=O) groups is 2. The van der Waals surface area contributed by atoms with Gasteiger partial charge in [-0.1, -0.05) is 19.1 Å². The van der Waals surface area contributed by atoms with E-state index in [-0.39, 0.29) is 17.5 Å². The number of aromatic carboxylic acids is 1. The lowest BCUT2D eigenvalue weighted by Crippen LogP contribution is -2.27. The highest BCUT2D eigenvalue weighted by atomic mass is 19.4. The van der Waals surface area contributed by atoms with E-state index < -0.39 is 23.3 Å². The number of ether oxygens (including phenoxy) is 1. The van der Waals surface area contributed by atoms with E-state index in [0.717, 1.165) is 12.1 Å². The van der Waals surface area contributed by atoms with Crippen LogP contribution in [0.25, 0.3) is 22.3 Å². The predicted molar refractivity (Wildman–Crippen MR) is 125 cm³/mol. The fourth-order valence-electron chi connectivity index (χ4n) is 3.54. The van der Waals surface area contributed by atoms with Gasteiger partial charge in [-0.25, -0.2) is 14.8 Å². The number of alkyl halides is 3. The minimum Gasteiger partial charge on any atom is -0.478 e. The van der Waals surface area contributed by atoms with Gasteiger partial charge in [0.05, 0.1) is 39.5 Å². The Balaban J connectivity index is 1.92. The summed E-state index contributed by atoms with van der Waals surface area (Å²) in [6.07, 6.45) is -3.01. The van der Waals surface area contributed by atoms with Gasteiger partial charge in [0, 0.05) is 5.56 Å². The van der Waals surface area contributed by atoms with Crippen molar-refractivity contribution >= 4 is 23.0 Å². The van der Waals surface area contributed by atoms with Gasteiger partial charge in [-0.2, -0.15) is 13.2 Å². The number of halogens is 3. The first-order chi connectivity index (χ1) is 16.2. The molecule has 0 amide bonds. The molecule has 0 spiro atoms. The number of hydrogen-bond acceptors (Lipinski definition) is 5. The first-order valence-electron chi connectivity index (χ1n) is 11.2. The van der Waals surface area contributed by atoms with Crippen LogP contribution in [-0.2, 0) is 22.1 Å². The third-order valence-corrected chi connectivity index (χ3v) is 5.33. The molecule has 6 nitrogen and oxygen atoms in total. The number of hydrogen-bond donors (Lipinski definition) is 1. The van der Waals surface area contributed by atoms with Crippen LogP contribution in [-0.4, -0.2) is 32.6 Å². The lowest BCUT2D eigenvalue weighted by atomic mass is 9.99. The SMILES string of the molecule is CC(CCCc1nc2cc(C(=O)O)ccc2nc1-c1ccc(C(F)(F)F)cc1)C(=O)OC(C)(C)C. The van der Waals surface area contributed by atoms with Crippen LogP contribution in [0.5, 0.6) is 0 Å². The van der Waals surface area contributed by atoms with Crippen molar-refractivity contribution in [1.29, 1.82) is 0 Å². The summed E-state index contributed by atoms with van der Waals surface area (Å²) < 4.78 is 44.4. The number of esters is 1. The summed E-state index contributed by atoms with van der Waals surface area (Å²) >= 11 is 0. The molecule has 0 saturated carbocycles. The van der Waals surface area contributed by atoms with E-state index in [1.165, 1.54) is 30.3 Å². The van der Waals surface area contributed by atoms with E-state index >= 15 is 0 Å². The van der Waals surface area contributed by atoms with Gasteiger partial charge in [-0.3, -0.25) is 4.79 Å². The lowest BCUT2D eigenvalue weighted by molar-refractivity contribution is -0.159. The van der Waals surface area contributed by atoms with Crippen molar-refractivity contribution < 1.29 is 32.6 Å². The average Bonchev–Trinajstić information content (AvgIpc) is 2.76. The molecule has 9 heteroatoms. The van der Waals surface area contributed by atoms with E-state index in [4.69, 9.17) is 4.74 Å². The monoisotopic (exact) mass is 488 g/mol. The normalized spacial score (nSPS) is 13.0. The molecule has 2 aromatic carbocycles. The molecule has 0 aliphatic heterocycles. The highest BCUT2D eigenvalue weighted by Gasteiger charge is 2.30. The van der Waals surface area contributed by atoms with Gasteiger partial charge in [0.2, 0.25) is 0 Å². The zero-order valence-corrected chi connectivity index (χ0v) is 19.9. The second kappa shape index (κ2) is 10.0. The molecule has 3 rings (SSSR count). The summed E-state index contributed by atoms with van der Waals surface area (Å²) in [5, 5.41) is 9.29. The Morgan fingerprint density at radius 2 is 1.66 bits per heavy atom. The number of benzene rings is 2. The van der Waals surface area contributed by atoms with Crippen LogP contribution >= 0.6 is 0 Å². The molecule has 0 radical (unpaired) electrons. The molecule has 35 heavy (non-hydrogen) atoms. The first kappa shape index (κ1) is 26.1. The number of carbonyl (C=O) groups excluding carboxylic acids is 1. The van der Waals surface area contributed by atoms with E-state index in [2.05, 4.69) is 9.97 Å². The van der Waals surface area contributed by atoms with Gasteiger partial charge < -0.3 is 9.84 Å². The zero-order chi connectivity index (χ0) is 26.0. The minimum absolute atomic E-state index is 0.0542. The highest BCUT2D eigenvalue weighted by Crippen LogP contribution is 2.32. The average molecular weight is 489 g/mol. The van der Waals surface area contributed by atoms with Crippen LogP contribution in [0, 0.1) is 5.92 Å². The van der Waals surface area contributed by atoms with Gasteiger partial charge >= 0.3 is 18.1 Å². The Labute approximate surface area is 201 Å². The van der Waals surface area contributed by atoms with E-state index in [9.17, 15) is 27.9 Å². The Morgan fingerprint density at radius 1 is 1.00 bits per heavy atom. The highest BCUT2D eigenvalue weighted by molar-refractivity contribution is 5.92. The third kappa shape index (κ3) is 6.77. The Bertz CT molecular complexity index is 1230. The fourth-order valence-corrected chi connectivity index (χ4v) is 3.54. The topological polar surface area (TPSA) is 89.4 Å². The fraction of sp³-hybridized carbons (Fsp3) is 0.385. The van der Waals surface area contributed by atoms with Crippen molar-refractivity contribution in [2.75, 3.05) is 0 Å². The Morgan fingerprint density at radius 3 is 2.23 bits per heavy atom. The smallest absolute Gasteiger partial charge is 0.416 e. The molecule has 1 atom stereocenters. The summed E-state index contributed by atoms with van der Waals surface area (Å²) in [4.78, 5) is 32.8. The minimum atomic E-state index is -4.46. The van der Waals surface area contributed by atoms with Crippen molar-refractivity contribution in [2.45, 2.75) is 58.7 Å². The molecule has 1 aromatic heterocycles. The molecule has 1 heterocycles. The summed E-state index contributed by atoms with van der Waals surface area (Å²) in [5.74, 6) is -1.76. The molecule has 1 N–H and O–H groups in total. The molecule has 0 aliphatic carbocycles. The number of aromatic nitrogens is 2. The molecular weight excluding hydrogens is 461 g/mol. The summed E-state index contributed by atoms with van der Waals surface area (Å²) in [6, 6.07) is 9.00. The van der Waals surface area contributed by atoms with Crippen LogP contribution in [0.4, 0.5) is 13.2 Å². The molecular formula is C26H27F3N2O4. The molecule has 1 unspecified atom stereocenters. The van der Waals surface area contributed by atoms with E-state index in [0.29, 0.717) is 47.2 Å². The van der Waals surface area contributed by atoms with Crippen molar-refractivity contribution in [3.63, 3.8) is 0 Å². The maximum atomic E-state index is 13.0. The number of aryl methyl sites for hydroxylation is 1. The van der Waals surface area contributed by atoms with Gasteiger partial charge in [0.15, 0.2) is 0 Å². The van der Waals surface area contributed by atoms with E-state index in [1.807, 2.05) is 0 Å². The number of carboxylic acids is 1. The van der Waals surface area contributed by atoms with Gasteiger partial charge in [0.25, 0.3) is 0 Å². The zero-order valence-electron chi connectivity index (χ0n) is 19.9. The van der Waals surface area contributed by atoms with Crippen LogP contribution in [0.1, 0.15) is 62.2 Å². The predicted octanol–water partition coefficient (Wildman–Crippen LogP) is 6.31. The number of rotatable bonds is 7. The van der Waals surface area contributed by atoms with Crippen LogP contribution in [0.3, 0.4) is 0 Å². The largest absolute Gasteiger partial charge is 0.478 e. The number of carboxylic acid groups (broad SMARTS) is 1. The van der Waals surface area contributed by atoms with Gasteiger partial charge in [-0.05, 0) is 70.4 Å². The van der Waals surface area contributed by atoms with E-state index in [1.54, 1.807) is 27.7 Å². The standard InChI is InChI=1S/C26H27F3N2O4/c1-15(24(34)35-25(2,3)4)6-5-7-20-22(16-8-11-18(12-9-16)26(27,28)29)31-19-13-10-17(23(32)33)14-21(19)30-20/h8-15H,5-7H2,1-4H3,(H,32,33). The second-order valence-corrected chi connectivity index (χ2v) is 9.43. The molecule has 3 aromatic rings. The lowest BCUT2D eigenvalue weighted by Gasteiger charge is -2.22. The molecule has 0 aliphatic rings. The molecule has 0 saturated heterocycles. The third-order valence-electron chi connectivity index (χ3n) is 5.33. The van der Waals surface area contributed by atoms with Gasteiger partial charge in [0.1, 0.15) is 5.60 Å².